The quantitative estimate of drug-likeness (QED) is 0.557. The molecule has 3 aromatic rings. The number of alkyl halides is 3. The average molecular weight is 438 g/mol. The molecule has 3 rings (SSSR count). The van der Waals surface area contributed by atoms with Gasteiger partial charge in [0.15, 0.2) is 0 Å². The van der Waals surface area contributed by atoms with Crippen molar-refractivity contribution < 1.29 is 30.8 Å². The minimum atomic E-state index is -4.62. The Labute approximate surface area is 169 Å². The number of nitrogens with one attached hydrogen (secondary N) is 2. The summed E-state index contributed by atoms with van der Waals surface area (Å²) >= 11 is 0. The molecule has 0 aromatic heterocycles. The minimum Gasteiger partial charge on any atom is -0.319 e. The van der Waals surface area contributed by atoms with E-state index in [2.05, 4.69) is 10.0 Å². The fourth-order valence-corrected chi connectivity index (χ4v) is 3.57. The molecule has 3 aromatic carbocycles. The zero-order valence-electron chi connectivity index (χ0n) is 15.1. The van der Waals surface area contributed by atoms with Crippen molar-refractivity contribution in [1.82, 2.24) is 0 Å². The van der Waals surface area contributed by atoms with Crippen LogP contribution in [0.5, 0.6) is 0 Å². The highest BCUT2D eigenvalue weighted by molar-refractivity contribution is 7.92. The van der Waals surface area contributed by atoms with Crippen LogP contribution in [0.15, 0.2) is 77.7 Å². The Balaban J connectivity index is 1.76. The van der Waals surface area contributed by atoms with Crippen LogP contribution in [0, 0.1) is 5.82 Å². The minimum absolute atomic E-state index is 0.0367. The van der Waals surface area contributed by atoms with Crippen LogP contribution in [0.1, 0.15) is 15.9 Å². The second-order valence-electron chi connectivity index (χ2n) is 6.14. The monoisotopic (exact) mass is 438 g/mol. The largest absolute Gasteiger partial charge is 0.416 e. The van der Waals surface area contributed by atoms with E-state index in [1.807, 2.05) is 0 Å². The van der Waals surface area contributed by atoms with Gasteiger partial charge < -0.3 is 5.32 Å². The molecule has 0 aliphatic heterocycles. The number of amides is 1. The maximum Gasteiger partial charge on any atom is 0.416 e. The van der Waals surface area contributed by atoms with Gasteiger partial charge in [0.1, 0.15) is 5.82 Å². The number of hydrogen-bond acceptors (Lipinski definition) is 3. The van der Waals surface area contributed by atoms with E-state index < -0.39 is 33.5 Å². The number of carbonyl (C=O) groups excluding carboxylic acids is 1. The van der Waals surface area contributed by atoms with Crippen molar-refractivity contribution in [1.29, 1.82) is 0 Å². The van der Waals surface area contributed by atoms with E-state index in [0.29, 0.717) is 6.07 Å². The van der Waals surface area contributed by atoms with E-state index in [1.165, 1.54) is 42.5 Å². The van der Waals surface area contributed by atoms with Gasteiger partial charge in [-0.2, -0.15) is 13.2 Å². The Bertz CT molecular complexity index is 1180. The van der Waals surface area contributed by atoms with E-state index in [1.54, 1.807) is 0 Å². The van der Waals surface area contributed by atoms with E-state index in [4.69, 9.17) is 0 Å². The molecule has 1 amide bonds. The molecule has 30 heavy (non-hydrogen) atoms. The van der Waals surface area contributed by atoms with Crippen molar-refractivity contribution in [3.8, 4) is 0 Å². The van der Waals surface area contributed by atoms with Crippen LogP contribution >= 0.6 is 0 Å². The number of rotatable bonds is 5. The molecular formula is C20H14F4N2O3S. The molecular weight excluding hydrogens is 424 g/mol. The smallest absolute Gasteiger partial charge is 0.319 e. The fraction of sp³-hybridized carbons (Fsp3) is 0.0500. The van der Waals surface area contributed by atoms with Gasteiger partial charge in [-0.25, -0.2) is 12.8 Å². The predicted octanol–water partition coefficient (Wildman–Crippen LogP) is 4.90. The maximum absolute atomic E-state index is 13.6. The van der Waals surface area contributed by atoms with Gasteiger partial charge >= 0.3 is 6.18 Å². The molecule has 0 fully saturated rings. The van der Waals surface area contributed by atoms with Crippen molar-refractivity contribution in [2.24, 2.45) is 0 Å². The highest BCUT2D eigenvalue weighted by Crippen LogP contribution is 2.31. The number of benzene rings is 3. The third kappa shape index (κ3) is 4.95. The van der Waals surface area contributed by atoms with Gasteiger partial charge in [-0.3, -0.25) is 9.52 Å². The number of halogens is 4. The second kappa shape index (κ2) is 8.15. The van der Waals surface area contributed by atoms with Crippen molar-refractivity contribution in [3.05, 3.63) is 89.7 Å². The summed E-state index contributed by atoms with van der Waals surface area (Å²) in [6, 6.07) is 13.9. The van der Waals surface area contributed by atoms with Crippen LogP contribution in [0.4, 0.5) is 28.9 Å². The summed E-state index contributed by atoms with van der Waals surface area (Å²) in [5, 5.41) is 2.36. The first-order chi connectivity index (χ1) is 14.1. The first kappa shape index (κ1) is 21.3. The van der Waals surface area contributed by atoms with Gasteiger partial charge in [0.25, 0.3) is 15.9 Å². The number of anilines is 2. The van der Waals surface area contributed by atoms with Crippen molar-refractivity contribution in [2.75, 3.05) is 10.0 Å². The number of sulfonamides is 1. The number of hydrogen-bond donors (Lipinski definition) is 2. The molecule has 0 radical (unpaired) electrons. The van der Waals surface area contributed by atoms with E-state index in [9.17, 15) is 30.8 Å². The maximum atomic E-state index is 13.6. The lowest BCUT2D eigenvalue weighted by Gasteiger charge is -2.12. The predicted molar refractivity (Wildman–Crippen MR) is 103 cm³/mol. The van der Waals surface area contributed by atoms with Crippen molar-refractivity contribution in [3.63, 3.8) is 0 Å². The molecule has 0 heterocycles. The van der Waals surface area contributed by atoms with Gasteiger partial charge in [0.2, 0.25) is 0 Å². The van der Waals surface area contributed by atoms with Gasteiger partial charge in [-0.15, -0.1) is 0 Å². The summed E-state index contributed by atoms with van der Waals surface area (Å²) < 4.78 is 78.9. The molecule has 0 bridgehead atoms. The molecule has 10 heteroatoms. The zero-order valence-corrected chi connectivity index (χ0v) is 15.9. The summed E-state index contributed by atoms with van der Waals surface area (Å²) in [4.78, 5) is 11.9. The first-order valence-electron chi connectivity index (χ1n) is 8.42. The van der Waals surface area contributed by atoms with Crippen LogP contribution in [0.2, 0.25) is 0 Å². The molecule has 0 aliphatic carbocycles. The SMILES string of the molecule is O=C(Nc1ccccc1F)c1ccc(S(=O)(=O)Nc2cccc(C(F)(F)F)c2)cc1. The molecule has 5 nitrogen and oxygen atoms in total. The number of para-hydroxylation sites is 1. The van der Waals surface area contributed by atoms with Crippen LogP contribution < -0.4 is 10.0 Å². The summed E-state index contributed by atoms with van der Waals surface area (Å²) in [5.74, 6) is -1.29. The highest BCUT2D eigenvalue weighted by Gasteiger charge is 2.30. The van der Waals surface area contributed by atoms with E-state index in [-0.39, 0.29) is 21.8 Å². The zero-order chi connectivity index (χ0) is 21.9. The molecule has 0 unspecified atom stereocenters. The van der Waals surface area contributed by atoms with Crippen LogP contribution in [-0.4, -0.2) is 14.3 Å². The van der Waals surface area contributed by atoms with Crippen LogP contribution in [0.25, 0.3) is 0 Å². The average Bonchev–Trinajstić information content (AvgIpc) is 2.69. The van der Waals surface area contributed by atoms with Crippen LogP contribution in [-0.2, 0) is 16.2 Å². The van der Waals surface area contributed by atoms with Gasteiger partial charge in [0, 0.05) is 11.3 Å². The summed E-state index contributed by atoms with van der Waals surface area (Å²) in [5.41, 5.74) is -1.23. The van der Waals surface area contributed by atoms with E-state index in [0.717, 1.165) is 24.3 Å². The Kier molecular flexibility index (Phi) is 5.79. The van der Waals surface area contributed by atoms with Crippen LogP contribution in [0.3, 0.4) is 0 Å². The normalized spacial score (nSPS) is 11.7. The third-order valence-electron chi connectivity index (χ3n) is 3.99. The standard InChI is InChI=1S/C20H14F4N2O3S/c21-17-6-1-2-7-18(17)25-19(27)13-8-10-16(11-9-13)30(28,29)26-15-5-3-4-14(12-15)20(22,23)24/h1-12,26H,(H,25,27). The lowest BCUT2D eigenvalue weighted by Crippen LogP contribution is -2.15. The molecule has 0 saturated heterocycles. The topological polar surface area (TPSA) is 75.3 Å². The summed E-state index contributed by atoms with van der Waals surface area (Å²) in [6.45, 7) is 0. The summed E-state index contributed by atoms with van der Waals surface area (Å²) in [7, 11) is -4.19. The van der Waals surface area contributed by atoms with Crippen molar-refractivity contribution in [2.45, 2.75) is 11.1 Å². The number of carbonyl (C=O) groups is 1. The summed E-state index contributed by atoms with van der Waals surface area (Å²) in [6.07, 6.45) is -4.62. The Hall–Kier alpha value is -3.40. The third-order valence-corrected chi connectivity index (χ3v) is 5.39. The van der Waals surface area contributed by atoms with Gasteiger partial charge in [0.05, 0.1) is 16.1 Å². The lowest BCUT2D eigenvalue weighted by molar-refractivity contribution is -0.137. The molecule has 0 aliphatic rings. The first-order valence-corrected chi connectivity index (χ1v) is 9.90. The molecule has 0 atom stereocenters. The van der Waals surface area contributed by atoms with E-state index >= 15 is 0 Å². The second-order valence-corrected chi connectivity index (χ2v) is 7.82. The molecule has 0 spiro atoms. The van der Waals surface area contributed by atoms with Gasteiger partial charge in [-0.1, -0.05) is 18.2 Å². The molecule has 156 valence electrons. The molecule has 2 N–H and O–H groups in total. The lowest BCUT2D eigenvalue weighted by atomic mass is 10.2. The van der Waals surface area contributed by atoms with Crippen molar-refractivity contribution >= 4 is 27.3 Å². The van der Waals surface area contributed by atoms with Gasteiger partial charge in [-0.05, 0) is 54.6 Å². The Morgan fingerprint density at radius 3 is 2.17 bits per heavy atom. The molecule has 0 saturated carbocycles. The highest BCUT2D eigenvalue weighted by atomic mass is 32.2. The fourth-order valence-electron chi connectivity index (χ4n) is 2.52. The Morgan fingerprint density at radius 2 is 1.53 bits per heavy atom. The Morgan fingerprint density at radius 1 is 0.867 bits per heavy atom.